The lowest BCUT2D eigenvalue weighted by atomic mass is 10.1. The van der Waals surface area contributed by atoms with Gasteiger partial charge in [0, 0.05) is 38.5 Å². The van der Waals surface area contributed by atoms with Gasteiger partial charge in [-0.3, -0.25) is 19.6 Å². The lowest BCUT2D eigenvalue weighted by Crippen LogP contribution is -2.13. The molecule has 0 aliphatic carbocycles. The topological polar surface area (TPSA) is 147 Å². The fourth-order valence-corrected chi connectivity index (χ4v) is 3.76. The highest BCUT2D eigenvalue weighted by atomic mass is 31.1. The Morgan fingerprint density at radius 2 is 1.13 bits per heavy atom. The summed E-state index contributed by atoms with van der Waals surface area (Å²) in [7, 11) is -2.65. The van der Waals surface area contributed by atoms with Crippen molar-refractivity contribution >= 4 is 41.6 Å². The van der Waals surface area contributed by atoms with Crippen molar-refractivity contribution in [3.63, 3.8) is 0 Å². The maximum atomic E-state index is 12.6. The molecule has 148 valence electrons. The van der Waals surface area contributed by atoms with Crippen LogP contribution in [0.1, 0.15) is 21.0 Å². The number of nitrogens with zero attached hydrogens (tertiary/aromatic N) is 2. The Kier molecular flexibility index (Phi) is 4.95. The van der Waals surface area contributed by atoms with Crippen LogP contribution in [0.5, 0.6) is 11.5 Å². The van der Waals surface area contributed by atoms with Crippen molar-refractivity contribution in [2.75, 3.05) is 0 Å². The number of fused-ring (bicyclic) bond motifs is 2. The molecule has 10 heteroatoms. The normalized spacial score (nSPS) is 10.7. The van der Waals surface area contributed by atoms with Crippen molar-refractivity contribution in [1.82, 2.24) is 9.97 Å². The van der Waals surface area contributed by atoms with Crippen LogP contribution in [0.15, 0.2) is 60.9 Å². The molecule has 2 aromatic carbocycles. The Bertz CT molecular complexity index is 1240. The molecule has 4 N–H and O–H groups in total. The summed E-state index contributed by atoms with van der Waals surface area (Å²) in [5.74, 6) is -0.905. The van der Waals surface area contributed by atoms with Gasteiger partial charge in [0.05, 0.1) is 0 Å². The molecule has 0 fully saturated rings. The molecule has 2 aromatic heterocycles. The second kappa shape index (κ2) is 7.73. The molecule has 0 aliphatic heterocycles. The highest BCUT2D eigenvalue weighted by molar-refractivity contribution is 7.34. The van der Waals surface area contributed by atoms with Crippen molar-refractivity contribution in [1.29, 1.82) is 0 Å². The Morgan fingerprint density at radius 3 is 1.53 bits per heavy atom. The molecule has 0 atom stereocenters. The fourth-order valence-electron chi connectivity index (χ4n) is 3.09. The summed E-state index contributed by atoms with van der Waals surface area (Å²) in [6.07, 6.45) is 2.82. The van der Waals surface area contributed by atoms with Gasteiger partial charge in [0.15, 0.2) is 11.5 Å². The molecule has 0 unspecified atom stereocenters. The Balaban J connectivity index is 1.67. The van der Waals surface area contributed by atoms with Crippen LogP contribution in [0.2, 0.25) is 0 Å². The molecule has 0 radical (unpaired) electrons. The average molecular weight is 421 g/mol. The van der Waals surface area contributed by atoms with E-state index >= 15 is 0 Å². The first kappa shape index (κ1) is 19.2. The lowest BCUT2D eigenvalue weighted by Gasteiger charge is -2.05. The number of carbonyl (C=O) groups is 2. The zero-order chi connectivity index (χ0) is 21.3. The van der Waals surface area contributed by atoms with E-state index in [4.69, 9.17) is 20.5 Å². The van der Waals surface area contributed by atoms with Crippen LogP contribution < -0.4 is 20.5 Å². The second-order valence-corrected chi connectivity index (χ2v) is 6.97. The first-order valence-electron chi connectivity index (χ1n) is 8.64. The minimum absolute atomic E-state index is 0.0784. The van der Waals surface area contributed by atoms with Crippen molar-refractivity contribution in [2.45, 2.75) is 0 Å². The largest absolute Gasteiger partial charge is 0.805 e. The summed E-state index contributed by atoms with van der Waals surface area (Å²) in [5.41, 5.74) is 10.9. The van der Waals surface area contributed by atoms with Crippen LogP contribution in [-0.4, -0.2) is 21.8 Å². The number of rotatable bonds is 6. The number of primary amides is 2. The zero-order valence-corrected chi connectivity index (χ0v) is 16.2. The summed E-state index contributed by atoms with van der Waals surface area (Å²) in [4.78, 5) is 31.1. The summed E-state index contributed by atoms with van der Waals surface area (Å²) >= 11 is 0. The highest BCUT2D eigenvalue weighted by Crippen LogP contribution is 2.38. The molecule has 0 saturated heterocycles. The minimum atomic E-state index is -2.65. The van der Waals surface area contributed by atoms with E-state index in [2.05, 4.69) is 9.97 Å². The van der Waals surface area contributed by atoms with E-state index < -0.39 is 20.1 Å². The van der Waals surface area contributed by atoms with E-state index in [9.17, 15) is 14.2 Å². The van der Waals surface area contributed by atoms with Crippen LogP contribution in [0.4, 0.5) is 0 Å². The molecule has 4 rings (SSSR count). The molecule has 0 aliphatic rings. The molecule has 2 heterocycles. The molecule has 0 spiro atoms. The van der Waals surface area contributed by atoms with Gasteiger partial charge >= 0.3 is 8.25 Å². The number of nitrogens with two attached hydrogens (primary N) is 2. The molecule has 0 saturated carbocycles. The number of carbonyl (C=O) groups excluding carboxylic acids is 2. The van der Waals surface area contributed by atoms with Gasteiger partial charge in [-0.15, -0.1) is 0 Å². The third kappa shape index (κ3) is 3.49. The average Bonchev–Trinajstić information content (AvgIpc) is 2.73. The van der Waals surface area contributed by atoms with Gasteiger partial charge in [0.25, 0.3) is 11.8 Å². The maximum Gasteiger partial charge on any atom is 0.805 e. The predicted octanol–water partition coefficient (Wildman–Crippen LogP) is 3.10. The smallest absolute Gasteiger partial charge is 0.364 e. The lowest BCUT2D eigenvalue weighted by molar-refractivity contribution is 0.0989. The predicted molar refractivity (Wildman–Crippen MR) is 109 cm³/mol. The van der Waals surface area contributed by atoms with Crippen molar-refractivity contribution in [3.05, 3.63) is 72.3 Å². The first-order valence-corrected chi connectivity index (χ1v) is 9.73. The van der Waals surface area contributed by atoms with Gasteiger partial charge in [-0.25, -0.2) is 9.05 Å². The second-order valence-electron chi connectivity index (χ2n) is 6.16. The third-order valence-electron chi connectivity index (χ3n) is 4.34. The number of benzene rings is 2. The van der Waals surface area contributed by atoms with E-state index in [-0.39, 0.29) is 22.9 Å². The minimum Gasteiger partial charge on any atom is -0.364 e. The summed E-state index contributed by atoms with van der Waals surface area (Å²) in [6.45, 7) is 0. The van der Waals surface area contributed by atoms with Crippen molar-refractivity contribution in [2.24, 2.45) is 11.5 Å². The van der Waals surface area contributed by atoms with E-state index in [1.165, 1.54) is 12.4 Å². The van der Waals surface area contributed by atoms with Gasteiger partial charge < -0.3 is 11.5 Å². The Labute approximate surface area is 170 Å². The zero-order valence-electron chi connectivity index (χ0n) is 15.3. The van der Waals surface area contributed by atoms with Crippen LogP contribution >= 0.6 is 8.25 Å². The van der Waals surface area contributed by atoms with E-state index in [1.807, 2.05) is 0 Å². The standard InChI is InChI=1S/C20H13N4O5P/c21-19(25)17-13-3-1-5-15(11(13)7-9-23-17)28-30(27)29-16-6-2-4-14-12(16)8-10-24-18(14)20(22)26/h1-10H,(H3-,21,22,25,26)/p+1. The van der Waals surface area contributed by atoms with Crippen LogP contribution in [0.3, 0.4) is 0 Å². The molecule has 0 bridgehead atoms. The number of aromatic nitrogens is 2. The Hall–Kier alpha value is -4.10. The Morgan fingerprint density at radius 1 is 0.700 bits per heavy atom. The summed E-state index contributed by atoms with van der Waals surface area (Å²) < 4.78 is 23.6. The molecule has 2 amide bonds. The van der Waals surface area contributed by atoms with Gasteiger partial charge in [0.2, 0.25) is 0 Å². The highest BCUT2D eigenvalue weighted by Gasteiger charge is 2.27. The monoisotopic (exact) mass is 421 g/mol. The van der Waals surface area contributed by atoms with Gasteiger partial charge in [-0.2, -0.15) is 0 Å². The first-order chi connectivity index (χ1) is 14.5. The number of hydrogen-bond donors (Lipinski definition) is 2. The molecule has 4 aromatic rings. The fraction of sp³-hybridized carbons (Fsp3) is 0. The van der Waals surface area contributed by atoms with Crippen LogP contribution in [-0.2, 0) is 4.57 Å². The number of hydrogen-bond acceptors (Lipinski definition) is 7. The van der Waals surface area contributed by atoms with E-state index in [1.54, 1.807) is 48.5 Å². The number of pyridine rings is 2. The van der Waals surface area contributed by atoms with Crippen molar-refractivity contribution in [3.8, 4) is 11.5 Å². The molecular formula is C20H14N4O5P+. The maximum absolute atomic E-state index is 12.6. The SMILES string of the molecule is NC(=O)c1nccc2c(O[P+](=O)Oc3cccc4c(C(N)=O)nccc34)cccc12. The quantitative estimate of drug-likeness (QED) is 0.455. The third-order valence-corrected chi connectivity index (χ3v) is 5.04. The molecular weight excluding hydrogens is 407 g/mol. The van der Waals surface area contributed by atoms with Gasteiger partial charge in [-0.05, 0) is 24.3 Å². The van der Waals surface area contributed by atoms with Crippen LogP contribution in [0, 0.1) is 0 Å². The van der Waals surface area contributed by atoms with Gasteiger partial charge in [-0.1, -0.05) is 24.3 Å². The summed E-state index contributed by atoms with van der Waals surface area (Å²) in [5, 5.41) is 1.94. The molecule has 9 nitrogen and oxygen atoms in total. The number of amides is 2. The van der Waals surface area contributed by atoms with E-state index in [0.29, 0.717) is 21.5 Å². The van der Waals surface area contributed by atoms with Crippen LogP contribution in [0.25, 0.3) is 21.5 Å². The van der Waals surface area contributed by atoms with E-state index in [0.717, 1.165) is 0 Å². The molecule has 30 heavy (non-hydrogen) atoms. The van der Waals surface area contributed by atoms with Crippen molar-refractivity contribution < 1.29 is 23.2 Å². The van der Waals surface area contributed by atoms with Gasteiger partial charge in [0.1, 0.15) is 11.4 Å². The summed E-state index contributed by atoms with van der Waals surface area (Å²) in [6, 6.07) is 13.0.